The van der Waals surface area contributed by atoms with E-state index in [1.54, 1.807) is 20.8 Å². The van der Waals surface area contributed by atoms with Gasteiger partial charge in [-0.25, -0.2) is 0 Å². The first-order valence-corrected chi connectivity index (χ1v) is 15.8. The molecule has 0 aromatic rings. The Balaban J connectivity index is 0.000000316. The average Bonchev–Trinajstić information content (AvgIpc) is 2.94. The largest absolute Gasteiger partial charge is 0.451 e. The summed E-state index contributed by atoms with van der Waals surface area (Å²) in [6.45, 7) is 11.2. The third kappa shape index (κ3) is 11.3. The molecule has 0 aromatic heterocycles. The summed E-state index contributed by atoms with van der Waals surface area (Å²) in [6, 6.07) is 0. The van der Waals surface area contributed by atoms with Gasteiger partial charge in [-0.2, -0.15) is 0 Å². The fourth-order valence-electron chi connectivity index (χ4n) is 5.82. The lowest BCUT2D eigenvalue weighted by molar-refractivity contribution is -0.173. The van der Waals surface area contributed by atoms with E-state index >= 15 is 0 Å². The number of ether oxygens (including phenoxy) is 3. The maximum Gasteiger partial charge on any atom is 0.309 e. The van der Waals surface area contributed by atoms with E-state index in [2.05, 4.69) is 0 Å². The quantitative estimate of drug-likeness (QED) is 0.227. The van der Waals surface area contributed by atoms with Crippen molar-refractivity contribution in [3.8, 4) is 0 Å². The molecule has 3 fully saturated rings. The standard InChI is InChI=1S/C12H20O3.C11H18O3.C10H16O3/c1-9(2)11(14)15-12(10(3)13)7-5-4-6-8-12;1-3-10(13)14-11(9(2)12)7-5-4-6-8-11;1-8(11)10(13-9(2)12)6-4-3-5-7-10/h9H,4-8H2,1-3H3;3-8H2,1-2H3;3-7H2,1-2H3. The Morgan fingerprint density at radius 2 is 0.833 bits per heavy atom. The van der Waals surface area contributed by atoms with Crippen molar-refractivity contribution >= 4 is 35.3 Å². The van der Waals surface area contributed by atoms with Gasteiger partial charge in [0.15, 0.2) is 34.2 Å². The summed E-state index contributed by atoms with van der Waals surface area (Å²) in [5.41, 5.74) is -2.38. The van der Waals surface area contributed by atoms with Gasteiger partial charge in [-0.1, -0.05) is 40.0 Å². The van der Waals surface area contributed by atoms with Crippen molar-refractivity contribution in [2.24, 2.45) is 5.92 Å². The van der Waals surface area contributed by atoms with Crippen LogP contribution in [0.3, 0.4) is 0 Å². The molecule has 0 atom stereocenters. The summed E-state index contributed by atoms with van der Waals surface area (Å²) < 4.78 is 15.9. The molecule has 9 nitrogen and oxygen atoms in total. The highest BCUT2D eigenvalue weighted by Gasteiger charge is 2.42. The van der Waals surface area contributed by atoms with Crippen LogP contribution in [-0.4, -0.2) is 52.1 Å². The number of hydrogen-bond donors (Lipinski definition) is 0. The first-order chi connectivity index (χ1) is 19.6. The van der Waals surface area contributed by atoms with Gasteiger partial charge in [0.05, 0.1) is 5.92 Å². The summed E-state index contributed by atoms with van der Waals surface area (Å²) in [7, 11) is 0. The number of ketones is 3. The average molecular weight is 595 g/mol. The third-order valence-electron chi connectivity index (χ3n) is 8.61. The van der Waals surface area contributed by atoms with Gasteiger partial charge in [-0.15, -0.1) is 0 Å². The molecule has 42 heavy (non-hydrogen) atoms. The molecule has 0 spiro atoms. The van der Waals surface area contributed by atoms with Crippen LogP contribution in [0, 0.1) is 5.92 Å². The minimum atomic E-state index is -0.806. The number of Topliss-reactive ketones (excluding diaryl/α,β-unsaturated/α-hetero) is 3. The Labute approximate surface area is 252 Å². The smallest absolute Gasteiger partial charge is 0.309 e. The fourth-order valence-corrected chi connectivity index (χ4v) is 5.82. The lowest BCUT2D eigenvalue weighted by Gasteiger charge is -2.34. The highest BCUT2D eigenvalue weighted by Crippen LogP contribution is 2.34. The van der Waals surface area contributed by atoms with Crippen LogP contribution in [0.2, 0.25) is 0 Å². The van der Waals surface area contributed by atoms with Gasteiger partial charge in [-0.3, -0.25) is 28.8 Å². The number of hydrogen-bond acceptors (Lipinski definition) is 9. The van der Waals surface area contributed by atoms with E-state index < -0.39 is 16.8 Å². The Morgan fingerprint density at radius 1 is 0.524 bits per heavy atom. The van der Waals surface area contributed by atoms with Crippen molar-refractivity contribution in [1.82, 2.24) is 0 Å². The van der Waals surface area contributed by atoms with E-state index in [9.17, 15) is 28.8 Å². The molecular formula is C33H54O9. The lowest BCUT2D eigenvalue weighted by Crippen LogP contribution is -2.44. The molecule has 0 aliphatic heterocycles. The molecule has 0 unspecified atom stereocenters. The van der Waals surface area contributed by atoms with Gasteiger partial charge in [0.1, 0.15) is 0 Å². The maximum atomic E-state index is 11.6. The van der Waals surface area contributed by atoms with Crippen molar-refractivity contribution in [2.45, 2.75) is 168 Å². The molecule has 3 rings (SSSR count). The Kier molecular flexibility index (Phi) is 15.6. The first-order valence-electron chi connectivity index (χ1n) is 15.8. The Morgan fingerprint density at radius 3 is 1.10 bits per heavy atom. The number of rotatable bonds is 8. The van der Waals surface area contributed by atoms with Gasteiger partial charge in [0.2, 0.25) is 0 Å². The van der Waals surface area contributed by atoms with E-state index in [0.29, 0.717) is 44.9 Å². The van der Waals surface area contributed by atoms with Gasteiger partial charge in [0, 0.05) is 13.3 Å². The maximum absolute atomic E-state index is 11.6. The highest BCUT2D eigenvalue weighted by atomic mass is 16.6. The predicted molar refractivity (Wildman–Crippen MR) is 159 cm³/mol. The van der Waals surface area contributed by atoms with Crippen molar-refractivity contribution in [1.29, 1.82) is 0 Å². The summed E-state index contributed by atoms with van der Waals surface area (Å²) in [6.07, 6.45) is 13.8. The summed E-state index contributed by atoms with van der Waals surface area (Å²) >= 11 is 0. The molecule has 0 amide bonds. The molecule has 0 N–H and O–H groups in total. The van der Waals surface area contributed by atoms with E-state index in [0.717, 1.165) is 57.8 Å². The van der Waals surface area contributed by atoms with E-state index in [-0.39, 0.29) is 41.2 Å². The molecule has 240 valence electrons. The molecule has 3 aliphatic rings. The Bertz CT molecular complexity index is 931. The fraction of sp³-hybridized carbons (Fsp3) is 0.818. The highest BCUT2D eigenvalue weighted by molar-refractivity contribution is 5.89. The van der Waals surface area contributed by atoms with Crippen LogP contribution >= 0.6 is 0 Å². The van der Waals surface area contributed by atoms with Crippen molar-refractivity contribution in [3.05, 3.63) is 0 Å². The topological polar surface area (TPSA) is 130 Å². The van der Waals surface area contributed by atoms with Gasteiger partial charge >= 0.3 is 17.9 Å². The van der Waals surface area contributed by atoms with Crippen LogP contribution in [-0.2, 0) is 43.0 Å². The summed E-state index contributed by atoms with van der Waals surface area (Å²) in [4.78, 5) is 68.1. The molecule has 0 bridgehead atoms. The summed E-state index contributed by atoms with van der Waals surface area (Å²) in [5, 5.41) is 0. The van der Waals surface area contributed by atoms with Crippen LogP contribution in [0.25, 0.3) is 0 Å². The monoisotopic (exact) mass is 594 g/mol. The van der Waals surface area contributed by atoms with Crippen molar-refractivity contribution in [2.75, 3.05) is 0 Å². The van der Waals surface area contributed by atoms with Crippen molar-refractivity contribution in [3.63, 3.8) is 0 Å². The SMILES string of the molecule is CC(=O)C1(OC(=O)C(C)C)CCCCC1.CC(=O)OC1(C(C)=O)CCCCC1.CCC(=O)OC1(C(C)=O)CCCCC1. The van der Waals surface area contributed by atoms with Crippen LogP contribution in [0.1, 0.15) is 151 Å². The molecule has 3 saturated carbocycles. The molecule has 0 aromatic carbocycles. The van der Waals surface area contributed by atoms with Gasteiger partial charge in [0.25, 0.3) is 0 Å². The molecule has 9 heteroatoms. The van der Waals surface area contributed by atoms with Gasteiger partial charge in [-0.05, 0) is 97.8 Å². The third-order valence-corrected chi connectivity index (χ3v) is 8.61. The predicted octanol–water partition coefficient (Wildman–Crippen LogP) is 6.55. The van der Waals surface area contributed by atoms with Crippen LogP contribution in [0.4, 0.5) is 0 Å². The number of esters is 3. The van der Waals surface area contributed by atoms with Crippen LogP contribution < -0.4 is 0 Å². The minimum Gasteiger partial charge on any atom is -0.451 e. The first kappa shape index (κ1) is 37.4. The zero-order valence-electron chi connectivity index (χ0n) is 27.1. The van der Waals surface area contributed by atoms with Crippen molar-refractivity contribution < 1.29 is 43.0 Å². The second-order valence-corrected chi connectivity index (χ2v) is 12.3. The normalized spacial score (nSPS) is 20.3. The van der Waals surface area contributed by atoms with Crippen LogP contribution in [0.5, 0.6) is 0 Å². The molecule has 0 radical (unpaired) electrons. The zero-order chi connectivity index (χ0) is 32.0. The number of carbonyl (C=O) groups excluding carboxylic acids is 6. The molecular weight excluding hydrogens is 540 g/mol. The molecule has 3 aliphatic carbocycles. The number of carbonyl (C=O) groups is 6. The van der Waals surface area contributed by atoms with E-state index in [1.807, 2.05) is 0 Å². The molecule has 0 saturated heterocycles. The second kappa shape index (κ2) is 17.5. The van der Waals surface area contributed by atoms with Crippen LogP contribution in [0.15, 0.2) is 0 Å². The van der Waals surface area contributed by atoms with E-state index in [1.165, 1.54) is 27.7 Å². The zero-order valence-corrected chi connectivity index (χ0v) is 27.1. The minimum absolute atomic E-state index is 0.000926. The second-order valence-electron chi connectivity index (χ2n) is 12.3. The lowest BCUT2D eigenvalue weighted by atomic mass is 9.82. The Hall–Kier alpha value is -2.58. The summed E-state index contributed by atoms with van der Waals surface area (Å²) in [5.74, 6) is -1.05. The molecule has 0 heterocycles. The van der Waals surface area contributed by atoms with Gasteiger partial charge < -0.3 is 14.2 Å². The van der Waals surface area contributed by atoms with E-state index in [4.69, 9.17) is 14.2 Å².